The second kappa shape index (κ2) is 10.9. The highest BCUT2D eigenvalue weighted by atomic mass is 19.1. The van der Waals surface area contributed by atoms with Crippen LogP contribution in [0.5, 0.6) is 0 Å². The fourth-order valence-corrected chi connectivity index (χ4v) is 4.68. The number of rotatable bonds is 8. The van der Waals surface area contributed by atoms with Gasteiger partial charge in [0.05, 0.1) is 0 Å². The molecular formula is C23H36FN3O. The van der Waals surface area contributed by atoms with E-state index in [-0.39, 0.29) is 17.6 Å². The third-order valence-electron chi connectivity index (χ3n) is 6.45. The highest BCUT2D eigenvalue weighted by Crippen LogP contribution is 2.21. The largest absolute Gasteiger partial charge is 0.356 e. The number of hydrogen-bond donors (Lipinski definition) is 1. The SMILES string of the molecule is CC[C@@H]1CCCCN1CCCNC(=O)C1CCN(Cc2ccccc2F)CC1. The number of nitrogens with one attached hydrogen (secondary N) is 1. The third-order valence-corrected chi connectivity index (χ3v) is 6.45. The lowest BCUT2D eigenvalue weighted by Crippen LogP contribution is -2.42. The predicted octanol–water partition coefficient (Wildman–Crippen LogP) is 3.81. The second-order valence-corrected chi connectivity index (χ2v) is 8.38. The Kier molecular flexibility index (Phi) is 8.28. The van der Waals surface area contributed by atoms with Gasteiger partial charge in [-0.15, -0.1) is 0 Å². The van der Waals surface area contributed by atoms with Crippen LogP contribution in [0.4, 0.5) is 4.39 Å². The van der Waals surface area contributed by atoms with Gasteiger partial charge in [0, 0.05) is 37.2 Å². The molecule has 2 fully saturated rings. The van der Waals surface area contributed by atoms with Gasteiger partial charge in [0.2, 0.25) is 5.91 Å². The van der Waals surface area contributed by atoms with Crippen molar-refractivity contribution in [1.29, 1.82) is 0 Å². The molecule has 0 spiro atoms. The number of hydrogen-bond acceptors (Lipinski definition) is 3. The first-order chi connectivity index (χ1) is 13.7. The molecule has 1 aromatic rings. The lowest BCUT2D eigenvalue weighted by Gasteiger charge is -2.35. The van der Waals surface area contributed by atoms with E-state index in [9.17, 15) is 9.18 Å². The van der Waals surface area contributed by atoms with Crippen LogP contribution in [0.2, 0.25) is 0 Å². The number of amides is 1. The highest BCUT2D eigenvalue weighted by Gasteiger charge is 2.25. The molecule has 4 nitrogen and oxygen atoms in total. The Labute approximate surface area is 169 Å². The molecule has 2 aliphatic heterocycles. The minimum absolute atomic E-state index is 0.107. The van der Waals surface area contributed by atoms with Gasteiger partial charge in [-0.2, -0.15) is 0 Å². The standard InChI is InChI=1S/C23H36FN3O/c1-2-21-9-5-6-14-27(21)15-7-13-25-23(28)19-11-16-26(17-12-19)18-20-8-3-4-10-22(20)24/h3-4,8,10,19,21H,2,5-7,9,11-18H2,1H3,(H,25,28)/t21-/m1/s1. The van der Waals surface area contributed by atoms with E-state index in [1.165, 1.54) is 38.3 Å². The first-order valence-electron chi connectivity index (χ1n) is 11.1. The zero-order valence-corrected chi connectivity index (χ0v) is 17.3. The molecule has 0 unspecified atom stereocenters. The average Bonchev–Trinajstić information content (AvgIpc) is 2.73. The van der Waals surface area contributed by atoms with Crippen molar-refractivity contribution >= 4 is 5.91 Å². The molecule has 3 rings (SSSR count). The molecule has 1 N–H and O–H groups in total. The van der Waals surface area contributed by atoms with Gasteiger partial charge in [-0.05, 0) is 64.2 Å². The van der Waals surface area contributed by atoms with Crippen molar-refractivity contribution < 1.29 is 9.18 Å². The lowest BCUT2D eigenvalue weighted by molar-refractivity contribution is -0.126. The van der Waals surface area contributed by atoms with Gasteiger partial charge >= 0.3 is 0 Å². The molecule has 1 atom stereocenters. The van der Waals surface area contributed by atoms with E-state index in [0.717, 1.165) is 57.0 Å². The van der Waals surface area contributed by atoms with Crippen molar-refractivity contribution in [3.05, 3.63) is 35.6 Å². The number of halogens is 1. The van der Waals surface area contributed by atoms with Gasteiger partial charge in [-0.25, -0.2) is 4.39 Å². The Morgan fingerprint density at radius 3 is 2.68 bits per heavy atom. The van der Waals surface area contributed by atoms with Crippen molar-refractivity contribution in [3.63, 3.8) is 0 Å². The molecular weight excluding hydrogens is 353 g/mol. The van der Waals surface area contributed by atoms with E-state index >= 15 is 0 Å². The summed E-state index contributed by atoms with van der Waals surface area (Å²) in [4.78, 5) is 17.3. The van der Waals surface area contributed by atoms with Gasteiger partial charge < -0.3 is 10.2 Å². The molecule has 2 aliphatic rings. The summed E-state index contributed by atoms with van der Waals surface area (Å²) in [6.07, 6.45) is 8.00. The fraction of sp³-hybridized carbons (Fsp3) is 0.696. The van der Waals surface area contributed by atoms with E-state index in [2.05, 4.69) is 22.0 Å². The molecule has 28 heavy (non-hydrogen) atoms. The molecule has 1 amide bonds. The number of carbonyl (C=O) groups is 1. The maximum atomic E-state index is 13.8. The molecule has 0 aromatic heterocycles. The topological polar surface area (TPSA) is 35.6 Å². The van der Waals surface area contributed by atoms with Gasteiger partial charge in [0.1, 0.15) is 5.82 Å². The van der Waals surface area contributed by atoms with Gasteiger partial charge in [0.15, 0.2) is 0 Å². The van der Waals surface area contributed by atoms with Crippen molar-refractivity contribution in [2.75, 3.05) is 32.7 Å². The summed E-state index contributed by atoms with van der Waals surface area (Å²) in [7, 11) is 0. The van der Waals surface area contributed by atoms with Crippen LogP contribution in [0.3, 0.4) is 0 Å². The molecule has 0 radical (unpaired) electrons. The quantitative estimate of drug-likeness (QED) is 0.687. The van der Waals surface area contributed by atoms with Gasteiger partial charge in [-0.1, -0.05) is 31.5 Å². The van der Waals surface area contributed by atoms with Crippen LogP contribution in [0.25, 0.3) is 0 Å². The highest BCUT2D eigenvalue weighted by molar-refractivity contribution is 5.78. The maximum absolute atomic E-state index is 13.8. The minimum atomic E-state index is -0.138. The van der Waals surface area contributed by atoms with Crippen molar-refractivity contribution in [2.24, 2.45) is 5.92 Å². The van der Waals surface area contributed by atoms with Crippen molar-refractivity contribution in [2.45, 2.75) is 64.5 Å². The van der Waals surface area contributed by atoms with E-state index in [0.29, 0.717) is 6.54 Å². The molecule has 1 aromatic carbocycles. The number of nitrogens with zero attached hydrogens (tertiary/aromatic N) is 2. The molecule has 5 heteroatoms. The zero-order chi connectivity index (χ0) is 19.8. The summed E-state index contributed by atoms with van der Waals surface area (Å²) >= 11 is 0. The number of likely N-dealkylation sites (tertiary alicyclic amines) is 2. The molecule has 156 valence electrons. The molecule has 2 saturated heterocycles. The summed E-state index contributed by atoms with van der Waals surface area (Å²) < 4.78 is 13.8. The summed E-state index contributed by atoms with van der Waals surface area (Å²) in [5, 5.41) is 3.15. The van der Waals surface area contributed by atoms with Crippen molar-refractivity contribution in [3.8, 4) is 0 Å². The fourth-order valence-electron chi connectivity index (χ4n) is 4.68. The van der Waals surface area contributed by atoms with Crippen LogP contribution >= 0.6 is 0 Å². The summed E-state index contributed by atoms with van der Waals surface area (Å²) in [5.74, 6) is 0.174. The summed E-state index contributed by atoms with van der Waals surface area (Å²) in [6.45, 7) is 7.73. The van der Waals surface area contributed by atoms with Crippen LogP contribution in [-0.2, 0) is 11.3 Å². The number of piperidine rings is 2. The van der Waals surface area contributed by atoms with E-state index in [4.69, 9.17) is 0 Å². The summed E-state index contributed by atoms with van der Waals surface area (Å²) in [6, 6.07) is 7.71. The molecule has 0 saturated carbocycles. The van der Waals surface area contributed by atoms with Crippen LogP contribution < -0.4 is 5.32 Å². The van der Waals surface area contributed by atoms with Crippen LogP contribution in [-0.4, -0.2) is 54.5 Å². The van der Waals surface area contributed by atoms with Crippen LogP contribution in [0.1, 0.15) is 57.4 Å². The average molecular weight is 390 g/mol. The lowest BCUT2D eigenvalue weighted by atomic mass is 9.95. The Balaban J connectivity index is 1.32. The van der Waals surface area contributed by atoms with Gasteiger partial charge in [0.25, 0.3) is 0 Å². The zero-order valence-electron chi connectivity index (χ0n) is 17.3. The van der Waals surface area contributed by atoms with Crippen molar-refractivity contribution in [1.82, 2.24) is 15.1 Å². The van der Waals surface area contributed by atoms with Crippen LogP contribution in [0, 0.1) is 11.7 Å². The second-order valence-electron chi connectivity index (χ2n) is 8.38. The molecule has 2 heterocycles. The van der Waals surface area contributed by atoms with E-state index in [1.54, 1.807) is 6.07 Å². The monoisotopic (exact) mass is 389 g/mol. The first kappa shape index (κ1) is 21.3. The minimum Gasteiger partial charge on any atom is -0.356 e. The Hall–Kier alpha value is -1.46. The van der Waals surface area contributed by atoms with E-state index in [1.807, 2.05) is 12.1 Å². The number of carbonyl (C=O) groups excluding carboxylic acids is 1. The first-order valence-corrected chi connectivity index (χ1v) is 11.1. The van der Waals surface area contributed by atoms with Crippen LogP contribution in [0.15, 0.2) is 24.3 Å². The normalized spacial score (nSPS) is 22.3. The maximum Gasteiger partial charge on any atom is 0.223 e. The number of benzene rings is 1. The van der Waals surface area contributed by atoms with Gasteiger partial charge in [-0.3, -0.25) is 9.69 Å². The Morgan fingerprint density at radius 1 is 1.14 bits per heavy atom. The molecule has 0 bridgehead atoms. The Bertz CT molecular complexity index is 616. The smallest absolute Gasteiger partial charge is 0.223 e. The molecule has 0 aliphatic carbocycles. The van der Waals surface area contributed by atoms with E-state index < -0.39 is 0 Å². The summed E-state index contributed by atoms with van der Waals surface area (Å²) in [5.41, 5.74) is 0.744. The third kappa shape index (κ3) is 6.02. The Morgan fingerprint density at radius 2 is 1.93 bits per heavy atom. The predicted molar refractivity (Wildman–Crippen MR) is 112 cm³/mol.